The van der Waals surface area contributed by atoms with Crippen LogP contribution in [0.3, 0.4) is 0 Å². The van der Waals surface area contributed by atoms with Crippen molar-refractivity contribution in [2.24, 2.45) is 11.1 Å². The van der Waals surface area contributed by atoms with Crippen LogP contribution in [0.15, 0.2) is 47.9 Å². The predicted molar refractivity (Wildman–Crippen MR) is 117 cm³/mol. The number of nitrogens with zero attached hydrogens (tertiary/aromatic N) is 4. The van der Waals surface area contributed by atoms with Gasteiger partial charge in [-0.15, -0.1) is 0 Å². The minimum atomic E-state index is -0.177. The van der Waals surface area contributed by atoms with Gasteiger partial charge < -0.3 is 14.9 Å². The standard InChI is InChI=1S/C23H27N5O2/c1-3-28-22-19(14-25-28)21(26-17-8-6-5-7-9-17)18(13-24-22)20-12-23(30-27-20)10-16(11-23)15-29-4-2/h5-9,13-14,16H,3-4,10-12,15H2,1-2H3,(H,24,26). The smallest absolute Gasteiger partial charge is 0.159 e. The zero-order valence-corrected chi connectivity index (χ0v) is 17.5. The molecule has 3 heterocycles. The van der Waals surface area contributed by atoms with E-state index >= 15 is 0 Å². The maximum atomic E-state index is 5.95. The van der Waals surface area contributed by atoms with Crippen LogP contribution in [-0.4, -0.2) is 39.3 Å². The topological polar surface area (TPSA) is 73.6 Å². The first-order valence-electron chi connectivity index (χ1n) is 10.7. The second kappa shape index (κ2) is 7.72. The molecule has 0 unspecified atom stereocenters. The number of para-hydroxylation sites is 1. The van der Waals surface area contributed by atoms with E-state index in [0.717, 1.165) is 72.7 Å². The van der Waals surface area contributed by atoms with Crippen LogP contribution in [0.4, 0.5) is 11.4 Å². The number of benzene rings is 1. The molecule has 2 aromatic heterocycles. The Morgan fingerprint density at radius 2 is 2.03 bits per heavy atom. The lowest BCUT2D eigenvalue weighted by atomic mass is 9.68. The minimum absolute atomic E-state index is 0.177. The van der Waals surface area contributed by atoms with Crippen LogP contribution in [0.1, 0.15) is 38.7 Å². The summed E-state index contributed by atoms with van der Waals surface area (Å²) < 4.78 is 7.49. The molecule has 1 spiro atoms. The van der Waals surface area contributed by atoms with Crippen molar-refractivity contribution in [2.45, 2.75) is 45.3 Å². The highest BCUT2D eigenvalue weighted by Gasteiger charge is 2.51. The molecule has 0 saturated heterocycles. The Balaban J connectivity index is 1.45. The van der Waals surface area contributed by atoms with Gasteiger partial charge in [-0.25, -0.2) is 9.67 Å². The number of oxime groups is 1. The highest BCUT2D eigenvalue weighted by molar-refractivity contribution is 6.11. The molecule has 0 amide bonds. The van der Waals surface area contributed by atoms with Gasteiger partial charge in [0.25, 0.3) is 0 Å². The van der Waals surface area contributed by atoms with E-state index in [1.54, 1.807) is 0 Å². The summed E-state index contributed by atoms with van der Waals surface area (Å²) in [6, 6.07) is 10.2. The van der Waals surface area contributed by atoms with Crippen molar-refractivity contribution >= 4 is 28.1 Å². The molecular weight excluding hydrogens is 378 g/mol. The first-order chi connectivity index (χ1) is 14.7. The summed E-state index contributed by atoms with van der Waals surface area (Å²) in [7, 11) is 0. The van der Waals surface area contributed by atoms with Gasteiger partial charge in [-0.2, -0.15) is 5.10 Å². The van der Waals surface area contributed by atoms with Crippen LogP contribution in [0, 0.1) is 5.92 Å². The van der Waals surface area contributed by atoms with Crippen molar-refractivity contribution in [3.05, 3.63) is 48.3 Å². The van der Waals surface area contributed by atoms with E-state index < -0.39 is 0 Å². The summed E-state index contributed by atoms with van der Waals surface area (Å²) in [4.78, 5) is 10.7. The third-order valence-electron chi connectivity index (χ3n) is 6.04. The number of aromatic nitrogens is 3. The first kappa shape index (κ1) is 19.1. The zero-order chi connectivity index (χ0) is 20.6. The monoisotopic (exact) mass is 405 g/mol. The van der Waals surface area contributed by atoms with E-state index in [-0.39, 0.29) is 5.60 Å². The normalized spacial score (nSPS) is 22.7. The minimum Gasteiger partial charge on any atom is -0.389 e. The fraction of sp³-hybridized carbons (Fsp3) is 0.435. The Hall–Kier alpha value is -2.93. The predicted octanol–water partition coefficient (Wildman–Crippen LogP) is 4.50. The van der Waals surface area contributed by atoms with Gasteiger partial charge in [0.15, 0.2) is 5.65 Å². The van der Waals surface area contributed by atoms with Crippen LogP contribution in [0.2, 0.25) is 0 Å². The fourth-order valence-electron chi connectivity index (χ4n) is 4.56. The molecule has 1 saturated carbocycles. The Morgan fingerprint density at radius 3 is 2.80 bits per heavy atom. The molecule has 1 aromatic carbocycles. The van der Waals surface area contributed by atoms with Gasteiger partial charge in [-0.05, 0) is 44.7 Å². The molecule has 0 bridgehead atoms. The Bertz CT molecular complexity index is 1070. The number of aryl methyl sites for hydroxylation is 1. The molecule has 1 aliphatic heterocycles. The van der Waals surface area contributed by atoms with E-state index in [1.165, 1.54) is 0 Å². The number of nitrogens with one attached hydrogen (secondary N) is 1. The molecule has 30 heavy (non-hydrogen) atoms. The number of ether oxygens (including phenoxy) is 1. The molecule has 7 nitrogen and oxygen atoms in total. The fourth-order valence-corrected chi connectivity index (χ4v) is 4.56. The van der Waals surface area contributed by atoms with Crippen molar-refractivity contribution in [3.8, 4) is 0 Å². The van der Waals surface area contributed by atoms with Crippen LogP contribution >= 0.6 is 0 Å². The van der Waals surface area contributed by atoms with E-state index in [9.17, 15) is 0 Å². The van der Waals surface area contributed by atoms with Gasteiger partial charge in [0.1, 0.15) is 5.60 Å². The summed E-state index contributed by atoms with van der Waals surface area (Å²) in [6.45, 7) is 6.45. The quantitative estimate of drug-likeness (QED) is 0.626. The van der Waals surface area contributed by atoms with E-state index in [4.69, 9.17) is 14.6 Å². The van der Waals surface area contributed by atoms with E-state index in [1.807, 2.05) is 42.2 Å². The molecule has 156 valence electrons. The summed E-state index contributed by atoms with van der Waals surface area (Å²) in [5, 5.41) is 13.6. The summed E-state index contributed by atoms with van der Waals surface area (Å²) in [5.74, 6) is 0.560. The van der Waals surface area contributed by atoms with Gasteiger partial charge in [0, 0.05) is 43.6 Å². The number of rotatable bonds is 7. The Morgan fingerprint density at radius 1 is 1.20 bits per heavy atom. The average Bonchev–Trinajstić information content (AvgIpc) is 3.37. The highest BCUT2D eigenvalue weighted by atomic mass is 16.7. The first-order valence-corrected chi connectivity index (χ1v) is 10.7. The third-order valence-corrected chi connectivity index (χ3v) is 6.04. The maximum Gasteiger partial charge on any atom is 0.159 e. The summed E-state index contributed by atoms with van der Waals surface area (Å²) >= 11 is 0. The number of hydrogen-bond acceptors (Lipinski definition) is 6. The summed E-state index contributed by atoms with van der Waals surface area (Å²) in [5.41, 5.74) is 4.62. The van der Waals surface area contributed by atoms with Gasteiger partial charge in [-0.1, -0.05) is 23.4 Å². The van der Waals surface area contributed by atoms with Crippen molar-refractivity contribution in [1.82, 2.24) is 14.8 Å². The molecule has 3 aromatic rings. The van der Waals surface area contributed by atoms with Crippen molar-refractivity contribution in [1.29, 1.82) is 0 Å². The van der Waals surface area contributed by atoms with E-state index in [0.29, 0.717) is 5.92 Å². The van der Waals surface area contributed by atoms with Crippen LogP contribution < -0.4 is 5.32 Å². The lowest BCUT2D eigenvalue weighted by molar-refractivity contribution is -0.123. The molecule has 0 atom stereocenters. The zero-order valence-electron chi connectivity index (χ0n) is 17.5. The highest BCUT2D eigenvalue weighted by Crippen LogP contribution is 2.48. The van der Waals surface area contributed by atoms with Gasteiger partial charge in [0.2, 0.25) is 0 Å². The lowest BCUT2D eigenvalue weighted by Crippen LogP contribution is -2.45. The number of anilines is 2. The largest absolute Gasteiger partial charge is 0.389 e. The second-order valence-electron chi connectivity index (χ2n) is 8.16. The van der Waals surface area contributed by atoms with Crippen molar-refractivity contribution in [3.63, 3.8) is 0 Å². The lowest BCUT2D eigenvalue weighted by Gasteiger charge is -2.42. The number of hydrogen-bond donors (Lipinski definition) is 1. The molecule has 2 aliphatic rings. The molecule has 1 fully saturated rings. The maximum absolute atomic E-state index is 5.95. The molecular formula is C23H27N5O2. The number of fused-ring (bicyclic) bond motifs is 1. The Kier molecular flexibility index (Phi) is 4.90. The average molecular weight is 406 g/mol. The molecule has 5 rings (SSSR count). The summed E-state index contributed by atoms with van der Waals surface area (Å²) in [6.07, 6.45) is 6.57. The number of pyridine rings is 1. The van der Waals surface area contributed by atoms with Gasteiger partial charge >= 0.3 is 0 Å². The van der Waals surface area contributed by atoms with Crippen molar-refractivity contribution < 1.29 is 9.57 Å². The van der Waals surface area contributed by atoms with Crippen LogP contribution in [-0.2, 0) is 16.1 Å². The van der Waals surface area contributed by atoms with Crippen molar-refractivity contribution in [2.75, 3.05) is 18.5 Å². The SMILES string of the molecule is CCOCC1CC2(CC(c3cnc4c(cnn4CC)c3Nc3ccccc3)=NO2)C1. The van der Waals surface area contributed by atoms with Gasteiger partial charge in [-0.3, -0.25) is 0 Å². The molecule has 0 radical (unpaired) electrons. The van der Waals surface area contributed by atoms with E-state index in [2.05, 4.69) is 34.6 Å². The van der Waals surface area contributed by atoms with Crippen LogP contribution in [0.5, 0.6) is 0 Å². The van der Waals surface area contributed by atoms with Crippen LogP contribution in [0.25, 0.3) is 11.0 Å². The Labute approximate surface area is 176 Å². The van der Waals surface area contributed by atoms with Gasteiger partial charge in [0.05, 0.1) is 23.0 Å². The third kappa shape index (κ3) is 3.33. The molecule has 7 heteroatoms. The molecule has 1 N–H and O–H groups in total. The second-order valence-corrected chi connectivity index (χ2v) is 8.16. The molecule has 1 aliphatic carbocycles.